The van der Waals surface area contributed by atoms with Crippen molar-refractivity contribution in [1.82, 2.24) is 14.7 Å². The molecular weight excluding hydrogens is 434 g/mol. The Hall–Kier alpha value is 0.0569. The first-order chi connectivity index (χ1) is 16.3. The standard InChI is InChI=1S/C29H65N3OSi/c1-10-22-30(13-4)25-18-29(19-26-31(14-5)23-11-2,20-27-32(15-6)24-12-3)21-28-34(9,17-8)33-16-7/h10-28H2,1-9H3. The summed E-state index contributed by atoms with van der Waals surface area (Å²) < 4.78 is 6.44. The van der Waals surface area contributed by atoms with Gasteiger partial charge in [0.15, 0.2) is 8.32 Å². The molecule has 0 radical (unpaired) electrons. The second kappa shape index (κ2) is 20.2. The minimum absolute atomic E-state index is 0.421. The summed E-state index contributed by atoms with van der Waals surface area (Å²) in [7, 11) is -1.61. The summed E-state index contributed by atoms with van der Waals surface area (Å²) in [6.45, 7) is 32.9. The first-order valence-electron chi connectivity index (χ1n) is 15.1. The largest absolute Gasteiger partial charge is 0.417 e. The summed E-state index contributed by atoms with van der Waals surface area (Å²) >= 11 is 0. The predicted molar refractivity (Wildman–Crippen MR) is 157 cm³/mol. The van der Waals surface area contributed by atoms with Gasteiger partial charge in [-0.25, -0.2) is 0 Å². The van der Waals surface area contributed by atoms with Gasteiger partial charge in [0.2, 0.25) is 0 Å². The van der Waals surface area contributed by atoms with Crippen LogP contribution in [0.15, 0.2) is 0 Å². The van der Waals surface area contributed by atoms with Crippen molar-refractivity contribution in [1.29, 1.82) is 0 Å². The zero-order chi connectivity index (χ0) is 25.9. The first kappa shape index (κ1) is 34.1. The van der Waals surface area contributed by atoms with Crippen molar-refractivity contribution in [3.8, 4) is 0 Å². The molecule has 0 amide bonds. The fourth-order valence-electron chi connectivity index (χ4n) is 5.40. The van der Waals surface area contributed by atoms with Crippen LogP contribution in [0.3, 0.4) is 0 Å². The topological polar surface area (TPSA) is 19.0 Å². The molecule has 0 rings (SSSR count). The molecule has 0 spiro atoms. The highest BCUT2D eigenvalue weighted by atomic mass is 28.4. The van der Waals surface area contributed by atoms with Gasteiger partial charge in [0.05, 0.1) is 0 Å². The molecule has 1 atom stereocenters. The van der Waals surface area contributed by atoms with Gasteiger partial charge in [0.1, 0.15) is 0 Å². The molecule has 34 heavy (non-hydrogen) atoms. The third-order valence-electron chi connectivity index (χ3n) is 8.26. The van der Waals surface area contributed by atoms with Crippen LogP contribution in [0.4, 0.5) is 0 Å². The van der Waals surface area contributed by atoms with E-state index in [4.69, 9.17) is 4.43 Å². The first-order valence-corrected chi connectivity index (χ1v) is 17.9. The summed E-state index contributed by atoms with van der Waals surface area (Å²) in [6, 6.07) is 2.55. The molecule has 0 saturated carbocycles. The van der Waals surface area contributed by atoms with Gasteiger partial charge < -0.3 is 19.1 Å². The van der Waals surface area contributed by atoms with E-state index in [0.29, 0.717) is 5.41 Å². The van der Waals surface area contributed by atoms with E-state index in [1.54, 1.807) is 0 Å². The maximum Gasteiger partial charge on any atom is 0.189 e. The second-order valence-corrected chi connectivity index (χ2v) is 15.2. The fraction of sp³-hybridized carbons (Fsp3) is 1.00. The number of nitrogens with zero attached hydrogens (tertiary/aromatic N) is 3. The zero-order valence-corrected chi connectivity index (χ0v) is 26.2. The molecule has 0 bridgehead atoms. The zero-order valence-electron chi connectivity index (χ0n) is 25.2. The van der Waals surface area contributed by atoms with Gasteiger partial charge in [0, 0.05) is 6.61 Å². The van der Waals surface area contributed by atoms with Crippen molar-refractivity contribution >= 4 is 8.32 Å². The van der Waals surface area contributed by atoms with Gasteiger partial charge in [-0.3, -0.25) is 0 Å². The van der Waals surface area contributed by atoms with E-state index in [9.17, 15) is 0 Å². The average molecular weight is 500 g/mol. The number of rotatable bonds is 24. The van der Waals surface area contributed by atoms with E-state index < -0.39 is 8.32 Å². The van der Waals surface area contributed by atoms with Crippen LogP contribution >= 0.6 is 0 Å². The maximum absolute atomic E-state index is 6.44. The van der Waals surface area contributed by atoms with Crippen LogP contribution in [0.25, 0.3) is 0 Å². The Kier molecular flexibility index (Phi) is 20.2. The molecule has 0 aromatic heterocycles. The minimum atomic E-state index is -1.61. The predicted octanol–water partition coefficient (Wildman–Crippen LogP) is 7.36. The summed E-state index contributed by atoms with van der Waals surface area (Å²) in [4.78, 5) is 8.09. The van der Waals surface area contributed by atoms with Crippen molar-refractivity contribution in [3.05, 3.63) is 0 Å². The van der Waals surface area contributed by atoms with E-state index in [1.165, 1.54) is 116 Å². The molecule has 1 unspecified atom stereocenters. The van der Waals surface area contributed by atoms with Gasteiger partial charge in [-0.2, -0.15) is 0 Å². The summed E-state index contributed by atoms with van der Waals surface area (Å²) in [5.41, 5.74) is 0.421. The average Bonchev–Trinajstić information content (AvgIpc) is 2.85. The van der Waals surface area contributed by atoms with Crippen LogP contribution in [0.5, 0.6) is 0 Å². The molecule has 5 heteroatoms. The highest BCUT2D eigenvalue weighted by Gasteiger charge is 2.35. The molecule has 0 aromatic carbocycles. The molecule has 0 aliphatic carbocycles. The smallest absolute Gasteiger partial charge is 0.189 e. The van der Waals surface area contributed by atoms with E-state index in [1.807, 2.05) is 0 Å². The molecule has 0 saturated heterocycles. The Morgan fingerprint density at radius 3 is 1.21 bits per heavy atom. The highest BCUT2D eigenvalue weighted by Crippen LogP contribution is 2.40. The van der Waals surface area contributed by atoms with Crippen molar-refractivity contribution in [2.75, 3.05) is 65.5 Å². The lowest BCUT2D eigenvalue weighted by molar-refractivity contribution is 0.118. The van der Waals surface area contributed by atoms with E-state index >= 15 is 0 Å². The molecule has 0 aliphatic heterocycles. The Labute approximate surface area is 217 Å². The highest BCUT2D eigenvalue weighted by molar-refractivity contribution is 6.72. The van der Waals surface area contributed by atoms with Crippen LogP contribution in [-0.2, 0) is 4.43 Å². The van der Waals surface area contributed by atoms with E-state index in [0.717, 1.165) is 6.61 Å². The monoisotopic (exact) mass is 499 g/mol. The van der Waals surface area contributed by atoms with Crippen molar-refractivity contribution in [2.24, 2.45) is 5.41 Å². The maximum atomic E-state index is 6.44. The normalized spacial score (nSPS) is 14.5. The molecular formula is C29H65N3OSi. The molecule has 0 aromatic rings. The van der Waals surface area contributed by atoms with E-state index in [-0.39, 0.29) is 0 Å². The van der Waals surface area contributed by atoms with Crippen LogP contribution in [-0.4, -0.2) is 88.5 Å². The van der Waals surface area contributed by atoms with Gasteiger partial charge in [-0.15, -0.1) is 0 Å². The fourth-order valence-corrected chi connectivity index (χ4v) is 7.86. The van der Waals surface area contributed by atoms with E-state index in [2.05, 4.69) is 76.6 Å². The van der Waals surface area contributed by atoms with Crippen LogP contribution in [0, 0.1) is 5.41 Å². The lowest BCUT2D eigenvalue weighted by atomic mass is 9.75. The van der Waals surface area contributed by atoms with Crippen LogP contribution in [0.1, 0.15) is 100 Å². The van der Waals surface area contributed by atoms with Crippen molar-refractivity contribution in [3.63, 3.8) is 0 Å². The van der Waals surface area contributed by atoms with Gasteiger partial charge in [-0.1, -0.05) is 48.5 Å². The summed E-state index contributed by atoms with van der Waals surface area (Å²) in [5.74, 6) is 0. The quantitative estimate of drug-likeness (QED) is 0.129. The molecule has 4 nitrogen and oxygen atoms in total. The number of hydrogen-bond donors (Lipinski definition) is 0. The third kappa shape index (κ3) is 14.0. The SMILES string of the molecule is CCCN(CC)CCC(CCN(CC)CCC)(CCN(CC)CCC)CC[Si](C)(CC)OCC. The van der Waals surface area contributed by atoms with Gasteiger partial charge in [-0.05, 0) is 135 Å². The molecule has 0 fully saturated rings. The lowest BCUT2D eigenvalue weighted by Gasteiger charge is -2.41. The van der Waals surface area contributed by atoms with Crippen molar-refractivity contribution < 1.29 is 4.43 Å². The molecule has 0 aliphatic rings. The van der Waals surface area contributed by atoms with Crippen LogP contribution < -0.4 is 0 Å². The minimum Gasteiger partial charge on any atom is -0.417 e. The second-order valence-electron chi connectivity index (χ2n) is 10.8. The lowest BCUT2D eigenvalue weighted by Crippen LogP contribution is -2.40. The van der Waals surface area contributed by atoms with Crippen molar-refractivity contribution in [2.45, 2.75) is 119 Å². The van der Waals surface area contributed by atoms with Gasteiger partial charge in [0.25, 0.3) is 0 Å². The Bertz CT molecular complexity index is 419. The molecule has 0 heterocycles. The van der Waals surface area contributed by atoms with Crippen LogP contribution in [0.2, 0.25) is 18.6 Å². The molecule has 0 N–H and O–H groups in total. The Balaban J connectivity index is 5.84. The summed E-state index contributed by atoms with van der Waals surface area (Å²) in [6.07, 6.45) is 9.14. The third-order valence-corrected chi connectivity index (χ3v) is 12.1. The molecule has 206 valence electrons. The summed E-state index contributed by atoms with van der Waals surface area (Å²) in [5, 5.41) is 0. The number of hydrogen-bond acceptors (Lipinski definition) is 4. The van der Waals surface area contributed by atoms with Gasteiger partial charge >= 0.3 is 0 Å². The Morgan fingerprint density at radius 1 is 0.559 bits per heavy atom. The Morgan fingerprint density at radius 2 is 0.941 bits per heavy atom.